The highest BCUT2D eigenvalue weighted by Gasteiger charge is 2.14. The first-order valence-electron chi connectivity index (χ1n) is 5.57. The standard InChI is InChI=1S/C11H13Cl2N3OS/c1-6(2)14-4-3-9-15-16-11(17-9)7-5-8(12)18-10(7)13/h5-6,14H,3-4H2,1-2H3. The van der Waals surface area contributed by atoms with Gasteiger partial charge in [0, 0.05) is 19.0 Å². The van der Waals surface area contributed by atoms with Crippen LogP contribution >= 0.6 is 34.5 Å². The van der Waals surface area contributed by atoms with Gasteiger partial charge >= 0.3 is 0 Å². The van der Waals surface area contributed by atoms with Gasteiger partial charge in [-0.1, -0.05) is 37.0 Å². The van der Waals surface area contributed by atoms with Gasteiger partial charge < -0.3 is 9.73 Å². The molecular formula is C11H13Cl2N3OS. The number of nitrogens with one attached hydrogen (secondary N) is 1. The number of aromatic nitrogens is 2. The molecule has 0 amide bonds. The van der Waals surface area contributed by atoms with Gasteiger partial charge in [-0.2, -0.15) is 0 Å². The monoisotopic (exact) mass is 305 g/mol. The van der Waals surface area contributed by atoms with Gasteiger partial charge in [0.05, 0.1) is 9.90 Å². The molecule has 0 aromatic carbocycles. The quantitative estimate of drug-likeness (QED) is 0.916. The lowest BCUT2D eigenvalue weighted by molar-refractivity contribution is 0.484. The Labute approximate surface area is 119 Å². The highest BCUT2D eigenvalue weighted by atomic mass is 35.5. The molecule has 0 aliphatic rings. The topological polar surface area (TPSA) is 51.0 Å². The molecule has 98 valence electrons. The molecule has 0 fully saturated rings. The highest BCUT2D eigenvalue weighted by Crippen LogP contribution is 2.37. The van der Waals surface area contributed by atoms with Gasteiger partial charge in [0.1, 0.15) is 4.34 Å². The second kappa shape index (κ2) is 6.02. The van der Waals surface area contributed by atoms with E-state index in [1.165, 1.54) is 11.3 Å². The summed E-state index contributed by atoms with van der Waals surface area (Å²) in [5.41, 5.74) is 0.697. The van der Waals surface area contributed by atoms with E-state index in [4.69, 9.17) is 27.6 Å². The van der Waals surface area contributed by atoms with Crippen LogP contribution in [0.2, 0.25) is 8.67 Å². The molecule has 4 nitrogen and oxygen atoms in total. The van der Waals surface area contributed by atoms with Crippen molar-refractivity contribution in [2.24, 2.45) is 0 Å². The second-order valence-corrected chi connectivity index (χ2v) is 6.38. The van der Waals surface area contributed by atoms with Gasteiger partial charge in [0.15, 0.2) is 0 Å². The predicted octanol–water partition coefficient (Wildman–Crippen LogP) is 3.65. The van der Waals surface area contributed by atoms with E-state index in [0.717, 1.165) is 6.54 Å². The Morgan fingerprint density at radius 2 is 2.17 bits per heavy atom. The van der Waals surface area contributed by atoms with Gasteiger partial charge in [-0.05, 0) is 6.07 Å². The minimum atomic E-state index is 0.419. The van der Waals surface area contributed by atoms with E-state index in [2.05, 4.69) is 29.4 Å². The largest absolute Gasteiger partial charge is 0.421 e. The molecule has 2 heterocycles. The summed E-state index contributed by atoms with van der Waals surface area (Å²) in [6, 6.07) is 2.18. The lowest BCUT2D eigenvalue weighted by Gasteiger charge is -2.04. The Bertz CT molecular complexity index is 524. The first kappa shape index (κ1) is 13.8. The van der Waals surface area contributed by atoms with Gasteiger partial charge in [-0.15, -0.1) is 21.5 Å². The van der Waals surface area contributed by atoms with E-state index in [-0.39, 0.29) is 0 Å². The molecule has 18 heavy (non-hydrogen) atoms. The molecule has 0 saturated carbocycles. The summed E-state index contributed by atoms with van der Waals surface area (Å²) in [7, 11) is 0. The number of hydrogen-bond acceptors (Lipinski definition) is 5. The van der Waals surface area contributed by atoms with E-state index in [1.54, 1.807) is 6.07 Å². The molecular weight excluding hydrogens is 293 g/mol. The van der Waals surface area contributed by atoms with E-state index < -0.39 is 0 Å². The van der Waals surface area contributed by atoms with Crippen molar-refractivity contribution < 1.29 is 4.42 Å². The van der Waals surface area contributed by atoms with Crippen LogP contribution in [0.5, 0.6) is 0 Å². The average molecular weight is 306 g/mol. The molecule has 2 aromatic rings. The summed E-state index contributed by atoms with van der Waals surface area (Å²) in [5.74, 6) is 1.01. The van der Waals surface area contributed by atoms with Crippen molar-refractivity contribution in [3.05, 3.63) is 20.6 Å². The molecule has 0 atom stereocenters. The Kier molecular flexibility index (Phi) is 4.61. The normalized spacial score (nSPS) is 11.4. The molecule has 7 heteroatoms. The van der Waals surface area contributed by atoms with Crippen LogP contribution in [0.15, 0.2) is 10.5 Å². The number of halogens is 2. The van der Waals surface area contributed by atoms with E-state index in [0.29, 0.717) is 38.5 Å². The molecule has 0 aliphatic carbocycles. The Balaban J connectivity index is 2.04. The lowest BCUT2D eigenvalue weighted by Crippen LogP contribution is -2.25. The Morgan fingerprint density at radius 1 is 1.39 bits per heavy atom. The molecule has 1 N–H and O–H groups in total. The SMILES string of the molecule is CC(C)NCCc1nnc(-c2cc(Cl)sc2Cl)o1. The predicted molar refractivity (Wildman–Crippen MR) is 74.5 cm³/mol. The van der Waals surface area contributed by atoms with Crippen molar-refractivity contribution in [1.29, 1.82) is 0 Å². The van der Waals surface area contributed by atoms with Crippen LogP contribution in [0.1, 0.15) is 19.7 Å². The van der Waals surface area contributed by atoms with Crippen molar-refractivity contribution in [2.45, 2.75) is 26.3 Å². The van der Waals surface area contributed by atoms with Gasteiger partial charge in [-0.3, -0.25) is 0 Å². The molecule has 0 bridgehead atoms. The summed E-state index contributed by atoms with van der Waals surface area (Å²) in [4.78, 5) is 0. The first-order chi connectivity index (χ1) is 8.56. The summed E-state index contributed by atoms with van der Waals surface area (Å²) in [6.45, 7) is 4.98. The molecule has 0 radical (unpaired) electrons. The zero-order valence-corrected chi connectivity index (χ0v) is 12.4. The van der Waals surface area contributed by atoms with Crippen molar-refractivity contribution in [3.63, 3.8) is 0 Å². The maximum atomic E-state index is 6.03. The van der Waals surface area contributed by atoms with Crippen LogP contribution < -0.4 is 5.32 Å². The van der Waals surface area contributed by atoms with Crippen molar-refractivity contribution >= 4 is 34.5 Å². The third kappa shape index (κ3) is 3.45. The van der Waals surface area contributed by atoms with Gasteiger partial charge in [-0.25, -0.2) is 0 Å². The zero-order chi connectivity index (χ0) is 13.1. The van der Waals surface area contributed by atoms with Crippen LogP contribution in [-0.2, 0) is 6.42 Å². The summed E-state index contributed by atoms with van der Waals surface area (Å²) >= 11 is 13.2. The summed E-state index contributed by atoms with van der Waals surface area (Å²) in [6.07, 6.45) is 0.695. The highest BCUT2D eigenvalue weighted by molar-refractivity contribution is 7.20. The van der Waals surface area contributed by atoms with Crippen LogP contribution in [0.25, 0.3) is 11.5 Å². The second-order valence-electron chi connectivity index (χ2n) is 4.10. The van der Waals surface area contributed by atoms with E-state index >= 15 is 0 Å². The smallest absolute Gasteiger partial charge is 0.250 e. The van der Waals surface area contributed by atoms with Crippen LogP contribution in [0.3, 0.4) is 0 Å². The first-order valence-corrected chi connectivity index (χ1v) is 7.14. The molecule has 0 spiro atoms. The number of thiophene rings is 1. The van der Waals surface area contributed by atoms with Crippen molar-refractivity contribution in [3.8, 4) is 11.5 Å². The zero-order valence-electron chi connectivity index (χ0n) is 10.0. The van der Waals surface area contributed by atoms with Crippen LogP contribution in [0, 0.1) is 0 Å². The summed E-state index contributed by atoms with van der Waals surface area (Å²) < 4.78 is 6.72. The molecule has 2 rings (SSSR count). The lowest BCUT2D eigenvalue weighted by atomic mass is 10.3. The Hall–Kier alpha value is -0.620. The van der Waals surface area contributed by atoms with Crippen molar-refractivity contribution in [2.75, 3.05) is 6.54 Å². The maximum Gasteiger partial charge on any atom is 0.250 e. The molecule has 0 unspecified atom stereocenters. The fraction of sp³-hybridized carbons (Fsp3) is 0.455. The third-order valence-electron chi connectivity index (χ3n) is 2.25. The van der Waals surface area contributed by atoms with E-state index in [1.807, 2.05) is 0 Å². The van der Waals surface area contributed by atoms with Gasteiger partial charge in [0.25, 0.3) is 0 Å². The number of nitrogens with zero attached hydrogens (tertiary/aromatic N) is 2. The van der Waals surface area contributed by atoms with Crippen LogP contribution in [-0.4, -0.2) is 22.8 Å². The fourth-order valence-electron chi connectivity index (χ4n) is 1.42. The van der Waals surface area contributed by atoms with Crippen molar-refractivity contribution in [1.82, 2.24) is 15.5 Å². The van der Waals surface area contributed by atoms with Gasteiger partial charge in [0.2, 0.25) is 11.8 Å². The molecule has 0 aliphatic heterocycles. The Morgan fingerprint density at radius 3 is 2.78 bits per heavy atom. The summed E-state index contributed by atoms with van der Waals surface area (Å²) in [5, 5.41) is 11.2. The third-order valence-corrected chi connectivity index (χ3v) is 3.73. The average Bonchev–Trinajstić information content (AvgIpc) is 2.85. The number of hydrogen-bond donors (Lipinski definition) is 1. The molecule has 2 aromatic heterocycles. The minimum Gasteiger partial charge on any atom is -0.421 e. The number of rotatable bonds is 5. The molecule has 0 saturated heterocycles. The van der Waals surface area contributed by atoms with E-state index in [9.17, 15) is 0 Å². The maximum absolute atomic E-state index is 6.03. The fourth-order valence-corrected chi connectivity index (χ4v) is 2.87. The minimum absolute atomic E-state index is 0.419. The van der Waals surface area contributed by atoms with Crippen LogP contribution in [0.4, 0.5) is 0 Å².